The molecule has 1 aliphatic rings. The van der Waals surface area contributed by atoms with Gasteiger partial charge in [-0.1, -0.05) is 60.7 Å². The number of hydrogen-bond donors (Lipinski definition) is 1. The first-order chi connectivity index (χ1) is 12.1. The molecule has 1 heterocycles. The Bertz CT molecular complexity index is 751. The van der Waals surface area contributed by atoms with Crippen LogP contribution < -0.4 is 4.72 Å². The van der Waals surface area contributed by atoms with Crippen LogP contribution in [-0.4, -0.2) is 45.7 Å². The van der Waals surface area contributed by atoms with Gasteiger partial charge in [0, 0.05) is 26.2 Å². The van der Waals surface area contributed by atoms with Crippen molar-refractivity contribution in [2.75, 3.05) is 26.2 Å². The van der Waals surface area contributed by atoms with Crippen molar-refractivity contribution in [2.24, 2.45) is 0 Å². The molecule has 1 atom stereocenters. The molecular weight excluding hydrogens is 336 g/mol. The third kappa shape index (κ3) is 5.93. The lowest BCUT2D eigenvalue weighted by Crippen LogP contribution is -2.47. The van der Waals surface area contributed by atoms with E-state index in [4.69, 9.17) is 4.74 Å². The minimum Gasteiger partial charge on any atom is -0.374 e. The zero-order chi connectivity index (χ0) is 17.5. The maximum atomic E-state index is 12.2. The Labute approximate surface area is 149 Å². The molecule has 0 aromatic heterocycles. The number of nitrogens with zero attached hydrogens (tertiary/aromatic N) is 1. The molecule has 1 saturated heterocycles. The summed E-state index contributed by atoms with van der Waals surface area (Å²) in [4.78, 5) is 2.30. The minimum absolute atomic E-state index is 0.00567. The van der Waals surface area contributed by atoms with Crippen LogP contribution in [0.15, 0.2) is 60.7 Å². The highest BCUT2D eigenvalue weighted by molar-refractivity contribution is 7.88. The Morgan fingerprint density at radius 3 is 2.32 bits per heavy atom. The fourth-order valence-electron chi connectivity index (χ4n) is 2.95. The van der Waals surface area contributed by atoms with Gasteiger partial charge in [0.15, 0.2) is 0 Å². The van der Waals surface area contributed by atoms with Crippen LogP contribution in [0.1, 0.15) is 11.1 Å². The van der Waals surface area contributed by atoms with Gasteiger partial charge in [-0.2, -0.15) is 0 Å². The normalized spacial score (nSPS) is 19.0. The molecule has 0 radical (unpaired) electrons. The lowest BCUT2D eigenvalue weighted by molar-refractivity contribution is -0.0276. The topological polar surface area (TPSA) is 58.6 Å². The summed E-state index contributed by atoms with van der Waals surface area (Å²) in [5.74, 6) is -0.00567. The van der Waals surface area contributed by atoms with Crippen molar-refractivity contribution in [1.82, 2.24) is 9.62 Å². The minimum atomic E-state index is -3.36. The van der Waals surface area contributed by atoms with Crippen LogP contribution in [0.3, 0.4) is 0 Å². The second kappa shape index (κ2) is 8.58. The van der Waals surface area contributed by atoms with Crippen LogP contribution in [0.4, 0.5) is 0 Å². The number of benzene rings is 2. The molecule has 25 heavy (non-hydrogen) atoms. The molecule has 1 fully saturated rings. The second-order valence-corrected chi connectivity index (χ2v) is 8.11. The van der Waals surface area contributed by atoms with E-state index in [1.165, 1.54) is 5.56 Å². The molecule has 1 aliphatic heterocycles. The maximum Gasteiger partial charge on any atom is 0.215 e. The van der Waals surface area contributed by atoms with Gasteiger partial charge in [0.05, 0.1) is 18.5 Å². The van der Waals surface area contributed by atoms with Gasteiger partial charge >= 0.3 is 0 Å². The van der Waals surface area contributed by atoms with Gasteiger partial charge in [-0.3, -0.25) is 4.90 Å². The Balaban J connectivity index is 1.49. The molecule has 5 nitrogen and oxygen atoms in total. The summed E-state index contributed by atoms with van der Waals surface area (Å²) in [7, 11) is -3.36. The fraction of sp³-hybridized carbons (Fsp3) is 0.368. The van der Waals surface area contributed by atoms with E-state index in [-0.39, 0.29) is 11.9 Å². The summed E-state index contributed by atoms with van der Waals surface area (Å²) in [5, 5.41) is 0. The molecule has 0 bridgehead atoms. The van der Waals surface area contributed by atoms with Crippen LogP contribution in [0, 0.1) is 0 Å². The Hall–Kier alpha value is -1.73. The standard InChI is InChI=1S/C19H24N2O3S/c22-25(23,16-18-9-5-2-6-10-18)20-13-19-15-21(11-12-24-19)14-17-7-3-1-4-8-17/h1-10,19-20H,11-16H2/t19-/m0/s1. The average molecular weight is 360 g/mol. The van der Waals surface area contributed by atoms with Crippen molar-refractivity contribution in [3.05, 3.63) is 71.8 Å². The van der Waals surface area contributed by atoms with Gasteiger partial charge in [0.1, 0.15) is 0 Å². The van der Waals surface area contributed by atoms with E-state index >= 15 is 0 Å². The van der Waals surface area contributed by atoms with E-state index in [1.54, 1.807) is 0 Å². The third-order valence-electron chi connectivity index (χ3n) is 4.20. The number of sulfonamides is 1. The first-order valence-electron chi connectivity index (χ1n) is 8.50. The second-order valence-electron chi connectivity index (χ2n) is 6.31. The van der Waals surface area contributed by atoms with Gasteiger partial charge < -0.3 is 4.74 Å². The zero-order valence-corrected chi connectivity index (χ0v) is 15.0. The van der Waals surface area contributed by atoms with Crippen LogP contribution in [0.5, 0.6) is 0 Å². The van der Waals surface area contributed by atoms with E-state index in [9.17, 15) is 8.42 Å². The summed E-state index contributed by atoms with van der Waals surface area (Å²) in [5.41, 5.74) is 2.04. The molecule has 0 amide bonds. The van der Waals surface area contributed by atoms with Crippen molar-refractivity contribution < 1.29 is 13.2 Å². The molecule has 0 aliphatic carbocycles. The summed E-state index contributed by atoms with van der Waals surface area (Å²) in [6.45, 7) is 3.38. The van der Waals surface area contributed by atoms with Crippen LogP contribution in [0.25, 0.3) is 0 Å². The van der Waals surface area contributed by atoms with Crippen LogP contribution in [0.2, 0.25) is 0 Å². The van der Waals surface area contributed by atoms with Crippen molar-refractivity contribution in [3.63, 3.8) is 0 Å². The molecule has 0 spiro atoms. The first-order valence-corrected chi connectivity index (χ1v) is 10.1. The number of ether oxygens (including phenoxy) is 1. The lowest BCUT2D eigenvalue weighted by Gasteiger charge is -2.33. The summed E-state index contributed by atoms with van der Waals surface area (Å²) >= 11 is 0. The SMILES string of the molecule is O=S(=O)(Cc1ccccc1)NC[C@H]1CN(Cc2ccccc2)CCO1. The molecule has 0 unspecified atom stereocenters. The Kier molecular flexibility index (Phi) is 6.20. The molecule has 134 valence electrons. The van der Waals surface area contributed by atoms with E-state index in [2.05, 4.69) is 21.8 Å². The molecule has 6 heteroatoms. The van der Waals surface area contributed by atoms with Crippen LogP contribution >= 0.6 is 0 Å². The van der Waals surface area contributed by atoms with E-state index in [1.807, 2.05) is 48.5 Å². The smallest absolute Gasteiger partial charge is 0.215 e. The summed E-state index contributed by atoms with van der Waals surface area (Å²) in [6, 6.07) is 19.5. The lowest BCUT2D eigenvalue weighted by atomic mass is 10.2. The average Bonchev–Trinajstić information content (AvgIpc) is 2.62. The largest absolute Gasteiger partial charge is 0.374 e. The van der Waals surface area contributed by atoms with E-state index in [0.717, 1.165) is 25.2 Å². The molecule has 3 rings (SSSR count). The van der Waals surface area contributed by atoms with Gasteiger partial charge in [0.2, 0.25) is 10.0 Å². The predicted molar refractivity (Wildman–Crippen MR) is 98.5 cm³/mol. The summed E-state index contributed by atoms with van der Waals surface area (Å²) < 4.78 is 32.9. The number of hydrogen-bond acceptors (Lipinski definition) is 4. The molecular formula is C19H24N2O3S. The quantitative estimate of drug-likeness (QED) is 0.821. The predicted octanol–water partition coefficient (Wildman–Crippen LogP) is 2.01. The molecule has 2 aromatic carbocycles. The molecule has 1 N–H and O–H groups in total. The van der Waals surface area contributed by atoms with Gasteiger partial charge in [-0.25, -0.2) is 13.1 Å². The highest BCUT2D eigenvalue weighted by Gasteiger charge is 2.22. The van der Waals surface area contributed by atoms with Crippen molar-refractivity contribution >= 4 is 10.0 Å². The summed E-state index contributed by atoms with van der Waals surface area (Å²) in [6.07, 6.45) is -0.122. The molecule has 2 aromatic rings. The number of morpholine rings is 1. The molecule has 0 saturated carbocycles. The number of rotatable bonds is 7. The first kappa shape index (κ1) is 18.1. The van der Waals surface area contributed by atoms with Crippen molar-refractivity contribution in [1.29, 1.82) is 0 Å². The Morgan fingerprint density at radius 2 is 1.64 bits per heavy atom. The van der Waals surface area contributed by atoms with Gasteiger partial charge in [0.25, 0.3) is 0 Å². The van der Waals surface area contributed by atoms with Crippen molar-refractivity contribution in [3.8, 4) is 0 Å². The highest BCUT2D eigenvalue weighted by atomic mass is 32.2. The number of nitrogens with one attached hydrogen (secondary N) is 1. The highest BCUT2D eigenvalue weighted by Crippen LogP contribution is 2.11. The maximum absolute atomic E-state index is 12.2. The fourth-order valence-corrected chi connectivity index (χ4v) is 4.13. The Morgan fingerprint density at radius 1 is 1.00 bits per heavy atom. The third-order valence-corrected chi connectivity index (χ3v) is 5.52. The van der Waals surface area contributed by atoms with Crippen LogP contribution in [-0.2, 0) is 27.1 Å². The van der Waals surface area contributed by atoms with Gasteiger partial charge in [-0.05, 0) is 11.1 Å². The monoisotopic (exact) mass is 360 g/mol. The van der Waals surface area contributed by atoms with E-state index < -0.39 is 10.0 Å². The zero-order valence-electron chi connectivity index (χ0n) is 14.2. The van der Waals surface area contributed by atoms with Crippen molar-refractivity contribution in [2.45, 2.75) is 18.4 Å². The van der Waals surface area contributed by atoms with E-state index in [0.29, 0.717) is 13.2 Å². The van der Waals surface area contributed by atoms with Gasteiger partial charge in [-0.15, -0.1) is 0 Å².